The lowest BCUT2D eigenvalue weighted by Gasteiger charge is -2.11. The molecule has 0 aliphatic rings. The van der Waals surface area contributed by atoms with Gasteiger partial charge in [0.1, 0.15) is 17.1 Å². The molecule has 0 aliphatic heterocycles. The number of phenols is 1. The Kier molecular flexibility index (Phi) is 3.87. The van der Waals surface area contributed by atoms with Crippen LogP contribution in [0, 0.1) is 0 Å². The van der Waals surface area contributed by atoms with Crippen LogP contribution in [0.25, 0.3) is 0 Å². The number of nitrogens with one attached hydrogen (secondary N) is 1. The summed E-state index contributed by atoms with van der Waals surface area (Å²) in [6, 6.07) is 7.83. The minimum absolute atomic E-state index is 0.0462. The fraction of sp³-hybridized carbons (Fsp3) is 0.0769. The Morgan fingerprint density at radius 1 is 1.37 bits per heavy atom. The van der Waals surface area contributed by atoms with Crippen molar-refractivity contribution in [2.24, 2.45) is 0 Å². The molecule has 0 spiro atoms. The molecule has 0 saturated carbocycles. The number of carbonyl (C=O) groups excluding carboxylic acids is 1. The van der Waals surface area contributed by atoms with E-state index in [0.717, 1.165) is 0 Å². The molecule has 6 heteroatoms. The van der Waals surface area contributed by atoms with Crippen LogP contribution in [0.5, 0.6) is 11.5 Å². The fourth-order valence-corrected chi connectivity index (χ4v) is 1.75. The van der Waals surface area contributed by atoms with Crippen LogP contribution < -0.4 is 10.1 Å². The smallest absolute Gasteiger partial charge is 0.263 e. The molecule has 0 atom stereocenters. The number of benzene rings is 1. The molecule has 0 aliphatic carbocycles. The van der Waals surface area contributed by atoms with Crippen molar-refractivity contribution in [1.29, 1.82) is 0 Å². The average Bonchev–Trinajstić information content (AvgIpc) is 2.40. The standard InChI is InChI=1S/C13H11ClN2O3/c1-19-10-6-2-5-9(17)11(10)13(18)16-8-4-3-7-15-12(8)14/h2-7,17H,1H3,(H,16,18). The quantitative estimate of drug-likeness (QED) is 0.847. The van der Waals surface area contributed by atoms with Crippen molar-refractivity contribution in [3.63, 3.8) is 0 Å². The molecule has 0 fully saturated rings. The van der Waals surface area contributed by atoms with E-state index in [0.29, 0.717) is 5.69 Å². The Morgan fingerprint density at radius 3 is 2.84 bits per heavy atom. The van der Waals surface area contributed by atoms with Crippen molar-refractivity contribution in [2.75, 3.05) is 12.4 Å². The van der Waals surface area contributed by atoms with E-state index in [1.807, 2.05) is 0 Å². The first-order chi connectivity index (χ1) is 9.13. The number of amides is 1. The van der Waals surface area contributed by atoms with Crippen molar-refractivity contribution in [1.82, 2.24) is 4.98 Å². The van der Waals surface area contributed by atoms with Gasteiger partial charge in [-0.3, -0.25) is 4.79 Å². The summed E-state index contributed by atoms with van der Waals surface area (Å²) in [4.78, 5) is 16.0. The maximum Gasteiger partial charge on any atom is 0.263 e. The van der Waals surface area contributed by atoms with Gasteiger partial charge in [0.15, 0.2) is 5.15 Å². The fourth-order valence-electron chi connectivity index (χ4n) is 1.58. The largest absolute Gasteiger partial charge is 0.507 e. The second kappa shape index (κ2) is 5.58. The molecule has 2 N–H and O–H groups in total. The highest BCUT2D eigenvalue weighted by molar-refractivity contribution is 6.32. The molecule has 0 radical (unpaired) electrons. The summed E-state index contributed by atoms with van der Waals surface area (Å²) in [5.74, 6) is -0.417. The number of methoxy groups -OCH3 is 1. The first-order valence-electron chi connectivity index (χ1n) is 5.41. The molecule has 2 aromatic rings. The number of anilines is 1. The normalized spacial score (nSPS) is 10.0. The minimum atomic E-state index is -0.523. The van der Waals surface area contributed by atoms with Crippen LogP contribution in [0.3, 0.4) is 0 Å². The Bertz CT molecular complexity index is 617. The highest BCUT2D eigenvalue weighted by atomic mass is 35.5. The summed E-state index contributed by atoms with van der Waals surface area (Å²) in [5.41, 5.74) is 0.407. The summed E-state index contributed by atoms with van der Waals surface area (Å²) < 4.78 is 5.05. The van der Waals surface area contributed by atoms with Gasteiger partial charge in [-0.2, -0.15) is 0 Å². The number of ether oxygens (including phenoxy) is 1. The van der Waals surface area contributed by atoms with E-state index in [2.05, 4.69) is 10.3 Å². The first-order valence-corrected chi connectivity index (χ1v) is 5.79. The van der Waals surface area contributed by atoms with Gasteiger partial charge >= 0.3 is 0 Å². The van der Waals surface area contributed by atoms with Crippen molar-refractivity contribution < 1.29 is 14.6 Å². The van der Waals surface area contributed by atoms with Crippen molar-refractivity contribution in [3.05, 3.63) is 47.2 Å². The molecule has 0 bridgehead atoms. The number of aromatic hydroxyl groups is 1. The van der Waals surface area contributed by atoms with Crippen LogP contribution in [-0.2, 0) is 0 Å². The molecule has 5 nitrogen and oxygen atoms in total. The number of phenolic OH excluding ortho intramolecular Hbond substituents is 1. The van der Waals surface area contributed by atoms with E-state index in [-0.39, 0.29) is 22.2 Å². The average molecular weight is 279 g/mol. The Hall–Kier alpha value is -2.27. The topological polar surface area (TPSA) is 71.5 Å². The molecule has 0 saturated heterocycles. The third kappa shape index (κ3) is 2.77. The zero-order valence-electron chi connectivity index (χ0n) is 10.1. The second-order valence-electron chi connectivity index (χ2n) is 3.65. The number of hydrogen-bond acceptors (Lipinski definition) is 4. The predicted molar refractivity (Wildman–Crippen MR) is 71.9 cm³/mol. The van der Waals surface area contributed by atoms with Crippen LogP contribution in [0.2, 0.25) is 5.15 Å². The zero-order valence-corrected chi connectivity index (χ0v) is 10.8. The van der Waals surface area contributed by atoms with Crippen LogP contribution in [-0.4, -0.2) is 23.1 Å². The van der Waals surface area contributed by atoms with Gasteiger partial charge in [-0.05, 0) is 24.3 Å². The lowest BCUT2D eigenvalue weighted by molar-refractivity contribution is 0.102. The summed E-state index contributed by atoms with van der Waals surface area (Å²) in [6.45, 7) is 0. The highest BCUT2D eigenvalue weighted by Gasteiger charge is 2.18. The lowest BCUT2D eigenvalue weighted by atomic mass is 10.1. The molecule has 1 heterocycles. The zero-order chi connectivity index (χ0) is 13.8. The summed E-state index contributed by atoms with van der Waals surface area (Å²) in [7, 11) is 1.42. The molecule has 1 aromatic heterocycles. The predicted octanol–water partition coefficient (Wildman–Crippen LogP) is 2.70. The Balaban J connectivity index is 2.33. The first kappa shape index (κ1) is 13.2. The van der Waals surface area contributed by atoms with E-state index in [1.54, 1.807) is 24.3 Å². The van der Waals surface area contributed by atoms with Crippen LogP contribution in [0.1, 0.15) is 10.4 Å². The van der Waals surface area contributed by atoms with Crippen molar-refractivity contribution in [3.8, 4) is 11.5 Å². The van der Waals surface area contributed by atoms with E-state index in [4.69, 9.17) is 16.3 Å². The second-order valence-corrected chi connectivity index (χ2v) is 4.01. The number of pyridine rings is 1. The number of rotatable bonds is 3. The highest BCUT2D eigenvalue weighted by Crippen LogP contribution is 2.28. The van der Waals surface area contributed by atoms with Gasteiger partial charge in [0, 0.05) is 6.20 Å². The third-order valence-electron chi connectivity index (χ3n) is 2.46. The van der Waals surface area contributed by atoms with Gasteiger partial charge in [-0.15, -0.1) is 0 Å². The SMILES string of the molecule is COc1cccc(O)c1C(=O)Nc1cccnc1Cl. The number of nitrogens with zero attached hydrogens (tertiary/aromatic N) is 1. The minimum Gasteiger partial charge on any atom is -0.507 e. The molecule has 0 unspecified atom stereocenters. The molecule has 1 aromatic carbocycles. The number of hydrogen-bond donors (Lipinski definition) is 2. The van der Waals surface area contributed by atoms with Crippen LogP contribution >= 0.6 is 11.6 Å². The van der Waals surface area contributed by atoms with Crippen molar-refractivity contribution >= 4 is 23.2 Å². The monoisotopic (exact) mass is 278 g/mol. The van der Waals surface area contributed by atoms with Gasteiger partial charge in [0.05, 0.1) is 12.8 Å². The molecule has 19 heavy (non-hydrogen) atoms. The molecule has 1 amide bonds. The summed E-state index contributed by atoms with van der Waals surface area (Å²) in [5, 5.41) is 12.5. The van der Waals surface area contributed by atoms with Crippen LogP contribution in [0.4, 0.5) is 5.69 Å². The summed E-state index contributed by atoms with van der Waals surface area (Å²) in [6.07, 6.45) is 1.51. The molecular formula is C13H11ClN2O3. The number of halogens is 1. The molecular weight excluding hydrogens is 268 g/mol. The number of carbonyl (C=O) groups is 1. The molecule has 2 rings (SSSR count). The number of aromatic nitrogens is 1. The maximum absolute atomic E-state index is 12.1. The van der Waals surface area contributed by atoms with Crippen molar-refractivity contribution in [2.45, 2.75) is 0 Å². The van der Waals surface area contributed by atoms with Gasteiger partial charge in [0.2, 0.25) is 0 Å². The van der Waals surface area contributed by atoms with E-state index < -0.39 is 5.91 Å². The van der Waals surface area contributed by atoms with E-state index in [9.17, 15) is 9.90 Å². The Labute approximate surface area is 114 Å². The lowest BCUT2D eigenvalue weighted by Crippen LogP contribution is -2.14. The van der Waals surface area contributed by atoms with Gasteiger partial charge < -0.3 is 15.2 Å². The van der Waals surface area contributed by atoms with E-state index >= 15 is 0 Å². The van der Waals surface area contributed by atoms with E-state index in [1.165, 1.54) is 19.4 Å². The van der Waals surface area contributed by atoms with Crippen LogP contribution in [0.15, 0.2) is 36.5 Å². The maximum atomic E-state index is 12.1. The summed E-state index contributed by atoms with van der Waals surface area (Å²) >= 11 is 5.85. The Morgan fingerprint density at radius 2 is 2.16 bits per heavy atom. The third-order valence-corrected chi connectivity index (χ3v) is 2.76. The van der Waals surface area contributed by atoms with Gasteiger partial charge in [-0.25, -0.2) is 4.98 Å². The van der Waals surface area contributed by atoms with Gasteiger partial charge in [0.25, 0.3) is 5.91 Å². The van der Waals surface area contributed by atoms with Gasteiger partial charge in [-0.1, -0.05) is 17.7 Å². The molecule has 98 valence electrons.